The molecule has 1 aliphatic heterocycles. The average molecular weight is 353 g/mol. The van der Waals surface area contributed by atoms with Crippen LogP contribution in [0.1, 0.15) is 28.3 Å². The lowest BCUT2D eigenvalue weighted by molar-refractivity contribution is 0.0695. The van der Waals surface area contributed by atoms with E-state index in [-0.39, 0.29) is 10.1 Å². The standard InChI is InChI=1S/C15H19N3O3S2/c1-23(20,21)14-3-2-12(22-14)15(19)18-8-4-11(5-9-18)10-13-16-6-7-17-13/h2-3,6-7,11H,4-5,8-10H2,1H3,(H,16,17). The van der Waals surface area contributed by atoms with Gasteiger partial charge in [0.2, 0.25) is 0 Å². The summed E-state index contributed by atoms with van der Waals surface area (Å²) in [5.41, 5.74) is 0. The van der Waals surface area contributed by atoms with E-state index in [1.807, 2.05) is 11.1 Å². The first-order chi connectivity index (χ1) is 10.9. The van der Waals surface area contributed by atoms with Crippen molar-refractivity contribution in [3.63, 3.8) is 0 Å². The van der Waals surface area contributed by atoms with E-state index < -0.39 is 9.84 Å². The van der Waals surface area contributed by atoms with Gasteiger partial charge in [-0.2, -0.15) is 0 Å². The maximum absolute atomic E-state index is 12.5. The summed E-state index contributed by atoms with van der Waals surface area (Å²) < 4.78 is 23.3. The third-order valence-electron chi connectivity index (χ3n) is 4.10. The third-order valence-corrected chi connectivity index (χ3v) is 6.99. The molecule has 0 radical (unpaired) electrons. The van der Waals surface area contributed by atoms with Crippen LogP contribution in [0.5, 0.6) is 0 Å². The molecule has 0 aliphatic carbocycles. The number of carbonyl (C=O) groups is 1. The van der Waals surface area contributed by atoms with E-state index in [2.05, 4.69) is 9.97 Å². The van der Waals surface area contributed by atoms with Crippen LogP contribution in [0, 0.1) is 5.92 Å². The zero-order valence-corrected chi connectivity index (χ0v) is 14.5. The van der Waals surface area contributed by atoms with Gasteiger partial charge < -0.3 is 9.88 Å². The number of sulfone groups is 1. The monoisotopic (exact) mass is 353 g/mol. The summed E-state index contributed by atoms with van der Waals surface area (Å²) in [5.74, 6) is 1.45. The van der Waals surface area contributed by atoms with Crippen molar-refractivity contribution in [3.8, 4) is 0 Å². The van der Waals surface area contributed by atoms with Crippen LogP contribution in [0.25, 0.3) is 0 Å². The van der Waals surface area contributed by atoms with Crippen LogP contribution in [0.3, 0.4) is 0 Å². The Morgan fingerprint density at radius 1 is 1.39 bits per heavy atom. The number of piperidine rings is 1. The second kappa shape index (κ2) is 6.45. The Morgan fingerprint density at radius 2 is 2.13 bits per heavy atom. The lowest BCUT2D eigenvalue weighted by Crippen LogP contribution is -2.38. The van der Waals surface area contributed by atoms with Crippen LogP contribution in [0.2, 0.25) is 0 Å². The molecule has 23 heavy (non-hydrogen) atoms. The second-order valence-electron chi connectivity index (χ2n) is 5.87. The van der Waals surface area contributed by atoms with Gasteiger partial charge in [-0.15, -0.1) is 11.3 Å². The minimum atomic E-state index is -3.25. The van der Waals surface area contributed by atoms with Crippen molar-refractivity contribution in [2.24, 2.45) is 5.92 Å². The highest BCUT2D eigenvalue weighted by molar-refractivity contribution is 7.92. The van der Waals surface area contributed by atoms with Gasteiger partial charge in [-0.3, -0.25) is 4.79 Å². The number of nitrogens with one attached hydrogen (secondary N) is 1. The normalized spacial score (nSPS) is 16.7. The first kappa shape index (κ1) is 16.2. The molecule has 3 rings (SSSR count). The van der Waals surface area contributed by atoms with Crippen molar-refractivity contribution < 1.29 is 13.2 Å². The van der Waals surface area contributed by atoms with Crippen LogP contribution in [-0.4, -0.2) is 48.5 Å². The largest absolute Gasteiger partial charge is 0.349 e. The summed E-state index contributed by atoms with van der Waals surface area (Å²) in [5, 5.41) is 0. The summed E-state index contributed by atoms with van der Waals surface area (Å²) in [7, 11) is -3.25. The van der Waals surface area contributed by atoms with E-state index in [9.17, 15) is 13.2 Å². The van der Waals surface area contributed by atoms with E-state index >= 15 is 0 Å². The van der Waals surface area contributed by atoms with Crippen LogP contribution < -0.4 is 0 Å². The van der Waals surface area contributed by atoms with Crippen molar-refractivity contribution in [2.75, 3.05) is 19.3 Å². The molecular formula is C15H19N3O3S2. The molecular weight excluding hydrogens is 334 g/mol. The smallest absolute Gasteiger partial charge is 0.263 e. The number of hydrogen-bond donors (Lipinski definition) is 1. The highest BCUT2D eigenvalue weighted by Crippen LogP contribution is 2.26. The predicted octanol–water partition coefficient (Wildman–Crippen LogP) is 1.97. The summed E-state index contributed by atoms with van der Waals surface area (Å²) in [6.07, 6.45) is 7.53. The quantitative estimate of drug-likeness (QED) is 0.911. The van der Waals surface area contributed by atoms with Gasteiger partial charge in [0.05, 0.1) is 4.88 Å². The molecule has 6 nitrogen and oxygen atoms in total. The minimum Gasteiger partial charge on any atom is -0.349 e. The number of aromatic nitrogens is 2. The number of rotatable bonds is 4. The number of H-pyrrole nitrogens is 1. The van der Waals surface area contributed by atoms with Gasteiger partial charge in [-0.05, 0) is 30.9 Å². The zero-order valence-electron chi connectivity index (χ0n) is 12.9. The molecule has 0 saturated carbocycles. The minimum absolute atomic E-state index is 0.0682. The first-order valence-electron chi connectivity index (χ1n) is 7.51. The number of amides is 1. The van der Waals surface area contributed by atoms with E-state index in [4.69, 9.17) is 0 Å². The fraction of sp³-hybridized carbons (Fsp3) is 0.467. The maximum atomic E-state index is 12.5. The lowest BCUT2D eigenvalue weighted by atomic mass is 9.93. The number of aromatic amines is 1. The molecule has 0 spiro atoms. The molecule has 0 bridgehead atoms. The molecule has 1 aliphatic rings. The molecule has 1 amide bonds. The Balaban J connectivity index is 1.59. The van der Waals surface area contributed by atoms with Crippen LogP contribution in [-0.2, 0) is 16.3 Å². The van der Waals surface area contributed by atoms with Gasteiger partial charge in [0.25, 0.3) is 5.91 Å². The summed E-state index contributed by atoms with van der Waals surface area (Å²) in [6.45, 7) is 1.41. The Kier molecular flexibility index (Phi) is 4.54. The van der Waals surface area contributed by atoms with Crippen molar-refractivity contribution in [1.82, 2.24) is 14.9 Å². The van der Waals surface area contributed by atoms with Gasteiger partial charge in [-0.25, -0.2) is 13.4 Å². The average Bonchev–Trinajstić information content (AvgIpc) is 3.18. The molecule has 1 saturated heterocycles. The second-order valence-corrected chi connectivity index (χ2v) is 9.19. The number of hydrogen-bond acceptors (Lipinski definition) is 5. The molecule has 2 aromatic heterocycles. The van der Waals surface area contributed by atoms with Crippen LogP contribution in [0.4, 0.5) is 0 Å². The van der Waals surface area contributed by atoms with Gasteiger partial charge in [0.15, 0.2) is 9.84 Å². The molecule has 0 unspecified atom stereocenters. The molecule has 3 heterocycles. The SMILES string of the molecule is CS(=O)(=O)c1ccc(C(=O)N2CCC(Cc3ncc[nH]3)CC2)s1. The zero-order chi connectivity index (χ0) is 16.4. The van der Waals surface area contributed by atoms with E-state index in [0.717, 1.165) is 42.7 Å². The van der Waals surface area contributed by atoms with Crippen molar-refractivity contribution >= 4 is 27.1 Å². The Hall–Kier alpha value is -1.67. The Labute approximate surface area is 139 Å². The molecule has 0 atom stereocenters. The fourth-order valence-electron chi connectivity index (χ4n) is 2.81. The molecule has 1 fully saturated rings. The molecule has 2 aromatic rings. The highest BCUT2D eigenvalue weighted by Gasteiger charge is 2.25. The number of likely N-dealkylation sites (tertiary alicyclic amines) is 1. The first-order valence-corrected chi connectivity index (χ1v) is 10.2. The summed E-state index contributed by atoms with van der Waals surface area (Å²) >= 11 is 1.05. The maximum Gasteiger partial charge on any atom is 0.263 e. The van der Waals surface area contributed by atoms with E-state index in [1.165, 1.54) is 6.07 Å². The molecule has 0 aromatic carbocycles. The number of imidazole rings is 1. The molecule has 124 valence electrons. The number of thiophene rings is 1. The van der Waals surface area contributed by atoms with Gasteiger partial charge in [-0.1, -0.05) is 0 Å². The Bertz CT molecular complexity index is 773. The predicted molar refractivity (Wildman–Crippen MR) is 88.3 cm³/mol. The van der Waals surface area contributed by atoms with Crippen molar-refractivity contribution in [1.29, 1.82) is 0 Å². The summed E-state index contributed by atoms with van der Waals surface area (Å²) in [6, 6.07) is 3.12. The fourth-order valence-corrected chi connectivity index (χ4v) is 4.71. The van der Waals surface area contributed by atoms with Gasteiger partial charge in [0, 0.05) is 38.2 Å². The summed E-state index contributed by atoms with van der Waals surface area (Å²) in [4.78, 5) is 22.2. The molecule has 8 heteroatoms. The Morgan fingerprint density at radius 3 is 2.70 bits per heavy atom. The topological polar surface area (TPSA) is 83.1 Å². The molecule has 1 N–H and O–H groups in total. The van der Waals surface area contributed by atoms with Crippen LogP contribution in [0.15, 0.2) is 28.7 Å². The van der Waals surface area contributed by atoms with E-state index in [1.54, 1.807) is 12.3 Å². The number of nitrogens with zero attached hydrogens (tertiary/aromatic N) is 2. The van der Waals surface area contributed by atoms with Gasteiger partial charge >= 0.3 is 0 Å². The van der Waals surface area contributed by atoms with Gasteiger partial charge in [0.1, 0.15) is 10.0 Å². The van der Waals surface area contributed by atoms with E-state index in [0.29, 0.717) is 23.9 Å². The number of carbonyl (C=O) groups excluding carboxylic acids is 1. The third kappa shape index (κ3) is 3.81. The lowest BCUT2D eigenvalue weighted by Gasteiger charge is -2.31. The highest BCUT2D eigenvalue weighted by atomic mass is 32.2. The van der Waals surface area contributed by atoms with Crippen molar-refractivity contribution in [3.05, 3.63) is 35.2 Å². The van der Waals surface area contributed by atoms with Crippen molar-refractivity contribution in [2.45, 2.75) is 23.5 Å². The van der Waals surface area contributed by atoms with Crippen LogP contribution >= 0.6 is 11.3 Å².